The Morgan fingerprint density at radius 3 is 1.25 bits per heavy atom. The van der Waals surface area contributed by atoms with Crippen molar-refractivity contribution in [1.82, 2.24) is 9.80 Å². The van der Waals surface area contributed by atoms with Crippen LogP contribution in [-0.2, 0) is 50.1 Å². The Labute approximate surface area is 254 Å². The molecule has 0 atom stereocenters. The molecule has 0 aliphatic rings. The summed E-state index contributed by atoms with van der Waals surface area (Å²) in [6.07, 6.45) is 0. The van der Waals surface area contributed by atoms with Gasteiger partial charge in [-0.1, -0.05) is 84.9 Å². The molecule has 4 rings (SSSR count). The molecule has 4 aromatic rings. The van der Waals surface area contributed by atoms with Crippen LogP contribution < -0.4 is 5.73 Å². The van der Waals surface area contributed by atoms with Crippen molar-refractivity contribution in [1.29, 1.82) is 0 Å². The lowest BCUT2D eigenvalue weighted by Gasteiger charge is -2.22. The van der Waals surface area contributed by atoms with Gasteiger partial charge in [0.15, 0.2) is 0 Å². The third kappa shape index (κ3) is 10.8. The Morgan fingerprint density at radius 1 is 0.568 bits per heavy atom. The molecule has 0 aliphatic heterocycles. The minimum Gasteiger partial charge on any atom is -0.459 e. The van der Waals surface area contributed by atoms with Crippen LogP contribution >= 0.6 is 0 Å². The zero-order chi connectivity index (χ0) is 31.9. The number of ether oxygens (including phenoxy) is 1. The van der Waals surface area contributed by atoms with Crippen LogP contribution in [0.1, 0.15) is 29.2 Å². The maximum atomic E-state index is 13.0. The first-order chi connectivity index (χ1) is 21.2. The van der Waals surface area contributed by atoms with Crippen LogP contribution in [0.5, 0.6) is 0 Å². The zero-order valence-electron chi connectivity index (χ0n) is 24.2. The minimum absolute atomic E-state index is 0.139. The van der Waals surface area contributed by atoms with Gasteiger partial charge >= 0.3 is 23.7 Å². The van der Waals surface area contributed by atoms with Gasteiger partial charge in [-0.05, 0) is 53.4 Å². The maximum absolute atomic E-state index is 13.0. The molecule has 0 bridgehead atoms. The first-order valence-electron chi connectivity index (χ1n) is 13.8. The molecular formula is C34H33F2N3O5. The second-order valence-electron chi connectivity index (χ2n) is 9.63. The number of hydrogen-bond acceptors (Lipinski definition) is 5. The maximum Gasteiger partial charge on any atom is 0.397 e. The number of primary amides is 1. The van der Waals surface area contributed by atoms with Crippen molar-refractivity contribution in [2.45, 2.75) is 33.1 Å². The van der Waals surface area contributed by atoms with E-state index in [2.05, 4.69) is 0 Å². The van der Waals surface area contributed by atoms with E-state index in [1.165, 1.54) is 34.1 Å². The summed E-state index contributed by atoms with van der Waals surface area (Å²) in [6.45, 7) is 2.71. The van der Waals surface area contributed by atoms with Gasteiger partial charge in [0.1, 0.15) is 11.6 Å². The van der Waals surface area contributed by atoms with Gasteiger partial charge in [-0.3, -0.25) is 14.4 Å². The van der Waals surface area contributed by atoms with Crippen molar-refractivity contribution in [3.05, 3.63) is 143 Å². The Hall–Kier alpha value is -5.38. The van der Waals surface area contributed by atoms with E-state index < -0.39 is 23.7 Å². The fourth-order valence-corrected chi connectivity index (χ4v) is 4.10. The Bertz CT molecular complexity index is 1520. The highest BCUT2D eigenvalue weighted by atomic mass is 19.1. The van der Waals surface area contributed by atoms with E-state index in [4.69, 9.17) is 10.5 Å². The molecule has 228 valence electrons. The molecule has 0 unspecified atom stereocenters. The predicted octanol–water partition coefficient (Wildman–Crippen LogP) is 4.76. The number of hydrogen-bond donors (Lipinski definition) is 1. The van der Waals surface area contributed by atoms with E-state index in [0.29, 0.717) is 0 Å². The lowest BCUT2D eigenvalue weighted by Crippen LogP contribution is -2.39. The number of nitrogens with two attached hydrogens (primary N) is 1. The zero-order valence-corrected chi connectivity index (χ0v) is 24.2. The smallest absolute Gasteiger partial charge is 0.397 e. The third-order valence-electron chi connectivity index (χ3n) is 6.24. The molecule has 0 heterocycles. The summed E-state index contributed by atoms with van der Waals surface area (Å²) in [7, 11) is 0. The lowest BCUT2D eigenvalue weighted by molar-refractivity contribution is -0.160. The average molecular weight is 602 g/mol. The third-order valence-corrected chi connectivity index (χ3v) is 6.24. The number of rotatable bonds is 9. The summed E-state index contributed by atoms with van der Waals surface area (Å²) in [5.74, 6) is -4.06. The van der Waals surface area contributed by atoms with E-state index in [0.717, 1.165) is 22.3 Å². The molecule has 3 amide bonds. The summed E-state index contributed by atoms with van der Waals surface area (Å²) in [5, 5.41) is 0. The number of benzene rings is 4. The van der Waals surface area contributed by atoms with Gasteiger partial charge in [-0.15, -0.1) is 0 Å². The number of nitrogens with zero attached hydrogens (tertiary/aromatic N) is 2. The number of esters is 1. The van der Waals surface area contributed by atoms with Crippen molar-refractivity contribution >= 4 is 23.7 Å². The molecule has 0 saturated carbocycles. The number of carbonyl (C=O) groups excluding carboxylic acids is 4. The second-order valence-corrected chi connectivity index (χ2v) is 9.63. The lowest BCUT2D eigenvalue weighted by atomic mass is 10.1. The normalized spacial score (nSPS) is 10.2. The monoisotopic (exact) mass is 601 g/mol. The van der Waals surface area contributed by atoms with Crippen LogP contribution in [0, 0.1) is 11.6 Å². The first-order valence-corrected chi connectivity index (χ1v) is 13.8. The molecule has 4 aromatic carbocycles. The highest BCUT2D eigenvalue weighted by Crippen LogP contribution is 2.13. The van der Waals surface area contributed by atoms with E-state index in [9.17, 15) is 28.0 Å². The second kappa shape index (κ2) is 16.9. The van der Waals surface area contributed by atoms with Gasteiger partial charge in [0.2, 0.25) is 0 Å². The summed E-state index contributed by atoms with van der Waals surface area (Å²) in [4.78, 5) is 49.8. The molecule has 0 aromatic heterocycles. The fraction of sp³-hybridized carbons (Fsp3) is 0.176. The quantitative estimate of drug-likeness (QED) is 0.220. The summed E-state index contributed by atoms with van der Waals surface area (Å²) in [5.41, 5.74) is 8.32. The minimum atomic E-state index is -1.01. The fourth-order valence-electron chi connectivity index (χ4n) is 4.10. The van der Waals surface area contributed by atoms with Gasteiger partial charge in [-0.25, -0.2) is 13.6 Å². The van der Waals surface area contributed by atoms with Crippen LogP contribution in [-0.4, -0.2) is 40.1 Å². The van der Waals surface area contributed by atoms with Gasteiger partial charge in [0.05, 0.1) is 6.61 Å². The average Bonchev–Trinajstić information content (AvgIpc) is 3.03. The number of amides is 3. The van der Waals surface area contributed by atoms with Crippen LogP contribution in [0.4, 0.5) is 8.78 Å². The molecule has 10 heteroatoms. The van der Waals surface area contributed by atoms with Gasteiger partial charge < -0.3 is 20.3 Å². The van der Waals surface area contributed by atoms with Gasteiger partial charge in [0.25, 0.3) is 0 Å². The van der Waals surface area contributed by atoms with Crippen molar-refractivity contribution in [2.24, 2.45) is 5.73 Å². The molecule has 8 nitrogen and oxygen atoms in total. The molecule has 0 saturated heterocycles. The molecule has 0 aliphatic carbocycles. The van der Waals surface area contributed by atoms with Crippen molar-refractivity contribution in [3.63, 3.8) is 0 Å². The van der Waals surface area contributed by atoms with Crippen molar-refractivity contribution in [3.8, 4) is 0 Å². The van der Waals surface area contributed by atoms with E-state index in [1.807, 2.05) is 60.7 Å². The predicted molar refractivity (Wildman–Crippen MR) is 160 cm³/mol. The summed E-state index contributed by atoms with van der Waals surface area (Å²) >= 11 is 0. The Morgan fingerprint density at radius 2 is 0.909 bits per heavy atom. The number of halogens is 2. The van der Waals surface area contributed by atoms with E-state index in [-0.39, 0.29) is 44.4 Å². The highest BCUT2D eigenvalue weighted by Gasteiger charge is 2.23. The van der Waals surface area contributed by atoms with Crippen LogP contribution in [0.15, 0.2) is 109 Å². The van der Waals surface area contributed by atoms with E-state index in [1.54, 1.807) is 31.2 Å². The van der Waals surface area contributed by atoms with E-state index >= 15 is 0 Å². The van der Waals surface area contributed by atoms with Crippen LogP contribution in [0.25, 0.3) is 0 Å². The summed E-state index contributed by atoms with van der Waals surface area (Å²) < 4.78 is 30.7. The highest BCUT2D eigenvalue weighted by molar-refractivity contribution is 6.34. The number of carbonyl (C=O) groups is 4. The van der Waals surface area contributed by atoms with Crippen LogP contribution in [0.3, 0.4) is 0 Å². The standard InChI is InChI=1S/C18H18FNO3.C16H15FN2O2/c1-2-23-18(22)17(21)20(12-14-6-4-3-5-7-14)13-15-8-10-16(19)11-9-15;17-14-8-6-13(7-9-14)11-19(16(21)15(18)20)10-12-4-2-1-3-5-12/h3-11H,2,12-13H2,1H3;1-9H,10-11H2,(H2,18,20). The van der Waals surface area contributed by atoms with Gasteiger partial charge in [0, 0.05) is 26.2 Å². The van der Waals surface area contributed by atoms with Gasteiger partial charge in [-0.2, -0.15) is 0 Å². The SMILES string of the molecule is CCOC(=O)C(=O)N(Cc1ccccc1)Cc1ccc(F)cc1.NC(=O)C(=O)N(Cc1ccccc1)Cc1ccc(F)cc1. The largest absolute Gasteiger partial charge is 0.459 e. The molecule has 0 fully saturated rings. The Kier molecular flexibility index (Phi) is 12.7. The van der Waals surface area contributed by atoms with Crippen molar-refractivity contribution in [2.75, 3.05) is 6.61 Å². The first kappa shape index (κ1) is 33.1. The van der Waals surface area contributed by atoms with Crippen LogP contribution in [0.2, 0.25) is 0 Å². The molecule has 2 N–H and O–H groups in total. The Balaban J connectivity index is 0.000000241. The molecule has 0 spiro atoms. The topological polar surface area (TPSA) is 110 Å². The molecule has 44 heavy (non-hydrogen) atoms. The summed E-state index contributed by atoms with van der Waals surface area (Å²) in [6, 6.07) is 30.2. The van der Waals surface area contributed by atoms with Crippen molar-refractivity contribution < 1.29 is 32.7 Å². The molecular weight excluding hydrogens is 568 g/mol. The molecule has 0 radical (unpaired) electrons.